The Kier molecular flexibility index (Phi) is 6.68. The highest BCUT2D eigenvalue weighted by atomic mass is 35.5. The minimum atomic E-state index is -5.00. The second kappa shape index (κ2) is 9.17. The van der Waals surface area contributed by atoms with Crippen molar-refractivity contribution in [2.45, 2.75) is 6.18 Å². The van der Waals surface area contributed by atoms with E-state index in [1.165, 1.54) is 19.4 Å². The monoisotopic (exact) mass is 503 g/mol. The normalized spacial score (nSPS) is 11.3. The lowest BCUT2D eigenvalue weighted by molar-refractivity contribution is -0.144. The van der Waals surface area contributed by atoms with Gasteiger partial charge in [0.15, 0.2) is 5.56 Å². The van der Waals surface area contributed by atoms with Gasteiger partial charge in [-0.15, -0.1) is 0 Å². The number of carbonyl (C=O) groups is 1. The number of benzene rings is 1. The maximum atomic E-state index is 14.7. The molecule has 0 saturated heterocycles. The summed E-state index contributed by atoms with van der Waals surface area (Å²) in [4.78, 5) is 40.9. The van der Waals surface area contributed by atoms with Crippen molar-refractivity contribution >= 4 is 17.6 Å². The number of rotatable bonds is 5. The molecule has 0 aliphatic rings. The van der Waals surface area contributed by atoms with Crippen LogP contribution >= 0.6 is 11.6 Å². The lowest BCUT2D eigenvalue weighted by atomic mass is 10.2. The first kappa shape index (κ1) is 24.8. The van der Waals surface area contributed by atoms with Gasteiger partial charge in [-0.2, -0.15) is 13.2 Å². The van der Waals surface area contributed by atoms with Gasteiger partial charge in [0.2, 0.25) is 5.88 Å². The first-order valence-electron chi connectivity index (χ1n) is 9.09. The molecule has 180 valence electrons. The Morgan fingerprint density at radius 2 is 1.79 bits per heavy atom. The molecule has 1 aromatic carbocycles. The third-order valence-electron chi connectivity index (χ3n) is 4.55. The standard InChI is InChI=1S/C20H14ClF4N3O6/c1-27-14(20(23,24)25)8-15(29)28(19(27)31)11-7-13(9(21)6-10(11)22)34-17-16(18(30)33-3)12(32-2)4-5-26-17/h4-8H,1-3H3. The molecule has 2 heterocycles. The zero-order valence-corrected chi connectivity index (χ0v) is 18.3. The second-order valence-corrected chi connectivity index (χ2v) is 6.97. The van der Waals surface area contributed by atoms with Gasteiger partial charge < -0.3 is 14.2 Å². The molecule has 0 aliphatic heterocycles. The van der Waals surface area contributed by atoms with Gasteiger partial charge in [-0.05, 0) is 12.1 Å². The molecule has 9 nitrogen and oxygen atoms in total. The highest BCUT2D eigenvalue weighted by molar-refractivity contribution is 6.32. The van der Waals surface area contributed by atoms with Gasteiger partial charge >= 0.3 is 17.8 Å². The molecule has 3 aromatic rings. The summed E-state index contributed by atoms with van der Waals surface area (Å²) in [5.74, 6) is -2.84. The van der Waals surface area contributed by atoms with E-state index in [9.17, 15) is 31.9 Å². The molecule has 2 aromatic heterocycles. The highest BCUT2D eigenvalue weighted by Gasteiger charge is 2.35. The van der Waals surface area contributed by atoms with Gasteiger partial charge in [-0.25, -0.2) is 23.5 Å². The molecule has 0 fully saturated rings. The quantitative estimate of drug-likeness (QED) is 0.389. The van der Waals surface area contributed by atoms with E-state index in [1.807, 2.05) is 0 Å². The van der Waals surface area contributed by atoms with Gasteiger partial charge in [0, 0.05) is 25.4 Å². The molecule has 0 spiro atoms. The van der Waals surface area contributed by atoms with E-state index in [0.29, 0.717) is 6.07 Å². The molecular weight excluding hydrogens is 490 g/mol. The van der Waals surface area contributed by atoms with Crippen LogP contribution in [0.2, 0.25) is 5.02 Å². The van der Waals surface area contributed by atoms with Crippen molar-refractivity contribution < 1.29 is 36.6 Å². The van der Waals surface area contributed by atoms with Gasteiger partial charge in [-0.3, -0.25) is 9.36 Å². The van der Waals surface area contributed by atoms with Gasteiger partial charge in [0.25, 0.3) is 5.56 Å². The van der Waals surface area contributed by atoms with Crippen LogP contribution in [-0.4, -0.2) is 34.3 Å². The zero-order valence-electron chi connectivity index (χ0n) is 17.6. The molecule has 0 atom stereocenters. The van der Waals surface area contributed by atoms with Crippen LogP contribution < -0.4 is 20.7 Å². The molecule has 34 heavy (non-hydrogen) atoms. The molecule has 0 saturated carbocycles. The Morgan fingerprint density at radius 3 is 2.38 bits per heavy atom. The van der Waals surface area contributed by atoms with Crippen molar-refractivity contribution in [3.05, 3.63) is 73.4 Å². The average Bonchev–Trinajstić information content (AvgIpc) is 2.77. The van der Waals surface area contributed by atoms with Crippen molar-refractivity contribution in [1.29, 1.82) is 0 Å². The molecule has 0 aliphatic carbocycles. The van der Waals surface area contributed by atoms with Crippen LogP contribution in [0.25, 0.3) is 5.69 Å². The predicted octanol–water partition coefficient (Wildman–Crippen LogP) is 3.33. The van der Waals surface area contributed by atoms with E-state index in [2.05, 4.69) is 9.72 Å². The zero-order chi connectivity index (χ0) is 25.4. The summed E-state index contributed by atoms with van der Waals surface area (Å²) in [7, 11) is 3.13. The predicted molar refractivity (Wildman–Crippen MR) is 109 cm³/mol. The Hall–Kier alpha value is -3.87. The van der Waals surface area contributed by atoms with E-state index in [4.69, 9.17) is 21.1 Å². The number of alkyl halides is 3. The maximum Gasteiger partial charge on any atom is 0.431 e. The number of pyridine rings is 1. The number of methoxy groups -OCH3 is 2. The van der Waals surface area contributed by atoms with Crippen molar-refractivity contribution in [3.8, 4) is 23.1 Å². The summed E-state index contributed by atoms with van der Waals surface area (Å²) in [5.41, 5.74) is -5.44. The average molecular weight is 504 g/mol. The molecule has 0 N–H and O–H groups in total. The largest absolute Gasteiger partial charge is 0.496 e. The van der Waals surface area contributed by atoms with Crippen LogP contribution in [-0.2, 0) is 18.0 Å². The number of esters is 1. The number of hydrogen-bond donors (Lipinski definition) is 0. The fraction of sp³-hybridized carbons (Fsp3) is 0.200. The number of aromatic nitrogens is 3. The third-order valence-corrected chi connectivity index (χ3v) is 4.84. The summed E-state index contributed by atoms with van der Waals surface area (Å²) in [6.07, 6.45) is -3.78. The Balaban J connectivity index is 2.21. The number of carbonyl (C=O) groups excluding carboxylic acids is 1. The van der Waals surface area contributed by atoms with Crippen molar-refractivity contribution in [2.24, 2.45) is 7.05 Å². The summed E-state index contributed by atoms with van der Waals surface area (Å²) in [5, 5.41) is -0.363. The highest BCUT2D eigenvalue weighted by Crippen LogP contribution is 2.36. The van der Waals surface area contributed by atoms with Crippen molar-refractivity contribution in [3.63, 3.8) is 0 Å². The smallest absolute Gasteiger partial charge is 0.431 e. The minimum absolute atomic E-state index is 0.0168. The fourth-order valence-electron chi connectivity index (χ4n) is 2.95. The van der Waals surface area contributed by atoms with Crippen LogP contribution in [0.5, 0.6) is 17.4 Å². The summed E-state index contributed by atoms with van der Waals surface area (Å²) < 4.78 is 69.6. The number of ether oxygens (including phenoxy) is 3. The van der Waals surface area contributed by atoms with Gasteiger partial charge in [0.1, 0.15) is 23.0 Å². The minimum Gasteiger partial charge on any atom is -0.496 e. The van der Waals surface area contributed by atoms with Crippen molar-refractivity contribution in [1.82, 2.24) is 14.1 Å². The number of halogens is 5. The first-order chi connectivity index (χ1) is 15.9. The summed E-state index contributed by atoms with van der Waals surface area (Å²) >= 11 is 6.01. The Labute approximate surface area is 192 Å². The van der Waals surface area contributed by atoms with E-state index in [1.54, 1.807) is 0 Å². The van der Waals surface area contributed by atoms with Crippen LogP contribution in [0, 0.1) is 5.82 Å². The molecule has 3 rings (SSSR count). The van der Waals surface area contributed by atoms with Crippen LogP contribution in [0.3, 0.4) is 0 Å². The molecule has 0 bridgehead atoms. The van der Waals surface area contributed by atoms with Crippen molar-refractivity contribution in [2.75, 3.05) is 14.2 Å². The Morgan fingerprint density at radius 1 is 1.12 bits per heavy atom. The van der Waals surface area contributed by atoms with E-state index >= 15 is 0 Å². The SMILES string of the molecule is COC(=O)c1c(OC)ccnc1Oc1cc(-n2c(=O)cc(C(F)(F)F)n(C)c2=O)c(F)cc1Cl. The lowest BCUT2D eigenvalue weighted by Crippen LogP contribution is -2.41. The molecule has 0 unspecified atom stereocenters. The fourth-order valence-corrected chi connectivity index (χ4v) is 3.14. The molecule has 14 heteroatoms. The van der Waals surface area contributed by atoms with Gasteiger partial charge in [0.05, 0.1) is 24.9 Å². The van der Waals surface area contributed by atoms with E-state index < -0.39 is 40.6 Å². The van der Waals surface area contributed by atoms with E-state index in [0.717, 1.165) is 20.2 Å². The van der Waals surface area contributed by atoms with Gasteiger partial charge in [-0.1, -0.05) is 11.6 Å². The molecule has 0 amide bonds. The maximum absolute atomic E-state index is 14.7. The molecule has 0 radical (unpaired) electrons. The number of nitrogens with zero attached hydrogens (tertiary/aromatic N) is 3. The summed E-state index contributed by atoms with van der Waals surface area (Å²) in [6.45, 7) is 0. The van der Waals surface area contributed by atoms with Crippen LogP contribution in [0.1, 0.15) is 16.1 Å². The summed E-state index contributed by atoms with van der Waals surface area (Å²) in [6, 6.07) is 2.96. The Bertz CT molecular complexity index is 1400. The van der Waals surface area contributed by atoms with Crippen LogP contribution in [0.15, 0.2) is 40.1 Å². The topological polar surface area (TPSA) is 102 Å². The molecular formula is C20H14ClF4N3O6. The first-order valence-corrected chi connectivity index (χ1v) is 9.47. The third kappa shape index (κ3) is 4.46. The van der Waals surface area contributed by atoms with Crippen LogP contribution in [0.4, 0.5) is 17.6 Å². The second-order valence-electron chi connectivity index (χ2n) is 6.56. The number of hydrogen-bond acceptors (Lipinski definition) is 7. The lowest BCUT2D eigenvalue weighted by Gasteiger charge is -2.16. The van der Waals surface area contributed by atoms with E-state index in [-0.39, 0.29) is 43.2 Å².